The molecule has 16 heavy (non-hydrogen) atoms. The van der Waals surface area contributed by atoms with E-state index in [0.717, 1.165) is 0 Å². The van der Waals surface area contributed by atoms with Crippen molar-refractivity contribution in [2.45, 2.75) is 12.4 Å². The fourth-order valence-corrected chi connectivity index (χ4v) is 0.981. The topological polar surface area (TPSA) is 0 Å². The number of rotatable bonds is 0. The molecule has 90 valence electrons. The highest BCUT2D eigenvalue weighted by atomic mass is 19.4. The van der Waals surface area contributed by atoms with Gasteiger partial charge in [0.1, 0.15) is 11.6 Å². The molecule has 0 saturated heterocycles. The predicted octanol–water partition coefficient (Wildman–Crippen LogP) is 4.00. The van der Waals surface area contributed by atoms with Crippen LogP contribution in [0.3, 0.4) is 0 Å². The molecule has 0 radical (unpaired) electrons. The Labute approximate surface area is 83.5 Å². The van der Waals surface area contributed by atoms with Crippen molar-refractivity contribution in [2.75, 3.05) is 0 Å². The predicted molar refractivity (Wildman–Crippen MR) is 36.4 cm³/mol. The summed E-state index contributed by atoms with van der Waals surface area (Å²) in [6.07, 6.45) is -10.5. The number of benzene rings is 1. The molecular formula is C8H2F8. The Bertz CT molecular complexity index is 360. The van der Waals surface area contributed by atoms with Gasteiger partial charge in [0.05, 0.1) is 11.1 Å². The minimum atomic E-state index is -5.24. The van der Waals surface area contributed by atoms with Crippen molar-refractivity contribution < 1.29 is 35.1 Å². The SMILES string of the molecule is Fc1cc(C(F)(F)F)c(F)cc1C(F)(F)F. The Morgan fingerprint density at radius 2 is 0.875 bits per heavy atom. The van der Waals surface area contributed by atoms with Crippen LogP contribution in [0.25, 0.3) is 0 Å². The Morgan fingerprint density at radius 1 is 0.625 bits per heavy atom. The van der Waals surface area contributed by atoms with E-state index in [9.17, 15) is 35.1 Å². The van der Waals surface area contributed by atoms with Crippen LogP contribution in [-0.4, -0.2) is 0 Å². The molecular weight excluding hydrogens is 248 g/mol. The van der Waals surface area contributed by atoms with Gasteiger partial charge in [0.2, 0.25) is 0 Å². The summed E-state index contributed by atoms with van der Waals surface area (Å²) in [5.41, 5.74) is -4.14. The van der Waals surface area contributed by atoms with Gasteiger partial charge >= 0.3 is 12.4 Å². The molecule has 0 heterocycles. The van der Waals surface area contributed by atoms with Crippen molar-refractivity contribution in [1.82, 2.24) is 0 Å². The van der Waals surface area contributed by atoms with Crippen LogP contribution in [-0.2, 0) is 12.4 Å². The summed E-state index contributed by atoms with van der Waals surface area (Å²) in [6, 6.07) is -1.03. The average Bonchev–Trinajstić information content (AvgIpc) is 2.04. The number of halogens is 8. The fraction of sp³-hybridized carbons (Fsp3) is 0.250. The van der Waals surface area contributed by atoms with Crippen molar-refractivity contribution in [3.05, 3.63) is 34.9 Å². The number of hydrogen-bond acceptors (Lipinski definition) is 0. The van der Waals surface area contributed by atoms with Crippen LogP contribution in [0.1, 0.15) is 11.1 Å². The van der Waals surface area contributed by atoms with E-state index in [-0.39, 0.29) is 0 Å². The van der Waals surface area contributed by atoms with Crippen molar-refractivity contribution in [2.24, 2.45) is 0 Å². The first kappa shape index (κ1) is 12.7. The lowest BCUT2D eigenvalue weighted by molar-refractivity contribution is -0.145. The van der Waals surface area contributed by atoms with Crippen LogP contribution < -0.4 is 0 Å². The fourth-order valence-electron chi connectivity index (χ4n) is 0.981. The smallest absolute Gasteiger partial charge is 0.206 e. The standard InChI is InChI=1S/C8H2F8/c9-5-1-3(7(11,12)13)6(10)2-4(5)8(14,15)16/h1-2H. The summed E-state index contributed by atoms with van der Waals surface area (Å²) in [5, 5.41) is 0. The maximum absolute atomic E-state index is 12.7. The average molecular weight is 250 g/mol. The monoisotopic (exact) mass is 250 g/mol. The van der Waals surface area contributed by atoms with E-state index < -0.39 is 47.2 Å². The van der Waals surface area contributed by atoms with Crippen LogP contribution in [0.15, 0.2) is 12.1 Å². The minimum Gasteiger partial charge on any atom is -0.206 e. The lowest BCUT2D eigenvalue weighted by atomic mass is 10.1. The van der Waals surface area contributed by atoms with E-state index >= 15 is 0 Å². The van der Waals surface area contributed by atoms with Gasteiger partial charge in [-0.15, -0.1) is 0 Å². The van der Waals surface area contributed by atoms with Gasteiger partial charge in [0.25, 0.3) is 0 Å². The highest BCUT2D eigenvalue weighted by Crippen LogP contribution is 2.37. The van der Waals surface area contributed by atoms with Crippen LogP contribution in [0.5, 0.6) is 0 Å². The van der Waals surface area contributed by atoms with Crippen molar-refractivity contribution in [1.29, 1.82) is 0 Å². The third-order valence-electron chi connectivity index (χ3n) is 1.67. The normalized spacial score (nSPS) is 13.0. The second-order valence-electron chi connectivity index (χ2n) is 2.81. The van der Waals surface area contributed by atoms with Gasteiger partial charge in [-0.2, -0.15) is 26.3 Å². The van der Waals surface area contributed by atoms with Crippen molar-refractivity contribution >= 4 is 0 Å². The summed E-state index contributed by atoms with van der Waals surface area (Å²) in [6.45, 7) is 0. The zero-order valence-corrected chi connectivity index (χ0v) is 7.18. The molecule has 0 N–H and O–H groups in total. The Morgan fingerprint density at radius 3 is 1.06 bits per heavy atom. The van der Waals surface area contributed by atoms with E-state index in [2.05, 4.69) is 0 Å². The molecule has 0 saturated carbocycles. The maximum atomic E-state index is 12.7. The van der Waals surface area contributed by atoms with Gasteiger partial charge in [0, 0.05) is 0 Å². The quantitative estimate of drug-likeness (QED) is 0.610. The maximum Gasteiger partial charge on any atom is 0.419 e. The molecule has 0 spiro atoms. The van der Waals surface area contributed by atoms with Crippen LogP contribution >= 0.6 is 0 Å². The summed E-state index contributed by atoms with van der Waals surface area (Å²) < 4.78 is 97.2. The molecule has 0 aliphatic carbocycles. The van der Waals surface area contributed by atoms with Crippen molar-refractivity contribution in [3.63, 3.8) is 0 Å². The zero-order valence-electron chi connectivity index (χ0n) is 7.18. The first-order chi connectivity index (χ1) is 7.03. The molecule has 0 bridgehead atoms. The van der Waals surface area contributed by atoms with E-state index in [1.807, 2.05) is 0 Å². The van der Waals surface area contributed by atoms with Gasteiger partial charge in [-0.3, -0.25) is 0 Å². The summed E-state index contributed by atoms with van der Waals surface area (Å²) >= 11 is 0. The molecule has 0 aromatic heterocycles. The molecule has 1 rings (SSSR count). The second-order valence-corrected chi connectivity index (χ2v) is 2.81. The van der Waals surface area contributed by atoms with E-state index in [1.165, 1.54) is 0 Å². The summed E-state index contributed by atoms with van der Waals surface area (Å²) in [4.78, 5) is 0. The Hall–Kier alpha value is -1.34. The molecule has 0 aliphatic rings. The first-order valence-corrected chi connectivity index (χ1v) is 3.67. The Kier molecular flexibility index (Phi) is 2.86. The minimum absolute atomic E-state index is 0.516. The molecule has 0 atom stereocenters. The van der Waals surface area contributed by atoms with E-state index in [0.29, 0.717) is 0 Å². The van der Waals surface area contributed by atoms with Gasteiger partial charge in [-0.25, -0.2) is 8.78 Å². The first-order valence-electron chi connectivity index (χ1n) is 3.67. The molecule has 0 aliphatic heterocycles. The highest BCUT2D eigenvalue weighted by Gasteiger charge is 2.40. The highest BCUT2D eigenvalue weighted by molar-refractivity contribution is 5.29. The number of alkyl halides is 6. The van der Waals surface area contributed by atoms with Crippen molar-refractivity contribution in [3.8, 4) is 0 Å². The van der Waals surface area contributed by atoms with Gasteiger partial charge in [-0.1, -0.05) is 0 Å². The van der Waals surface area contributed by atoms with E-state index in [4.69, 9.17) is 0 Å². The third kappa shape index (κ3) is 2.42. The lowest BCUT2D eigenvalue weighted by Crippen LogP contribution is -2.14. The lowest BCUT2D eigenvalue weighted by Gasteiger charge is -2.12. The van der Waals surface area contributed by atoms with Gasteiger partial charge in [-0.05, 0) is 12.1 Å². The molecule has 1 aromatic rings. The zero-order chi connectivity index (χ0) is 12.7. The Balaban J connectivity index is 3.40. The largest absolute Gasteiger partial charge is 0.419 e. The van der Waals surface area contributed by atoms with Crippen LogP contribution in [0.2, 0.25) is 0 Å². The van der Waals surface area contributed by atoms with Crippen LogP contribution in [0, 0.1) is 11.6 Å². The summed E-state index contributed by atoms with van der Waals surface area (Å²) in [5.74, 6) is -4.33. The van der Waals surface area contributed by atoms with Crippen LogP contribution in [0.4, 0.5) is 35.1 Å². The van der Waals surface area contributed by atoms with Gasteiger partial charge < -0.3 is 0 Å². The van der Waals surface area contributed by atoms with Gasteiger partial charge in [0.15, 0.2) is 0 Å². The molecule has 1 aromatic carbocycles. The molecule has 0 nitrogen and oxygen atoms in total. The van der Waals surface area contributed by atoms with E-state index in [1.54, 1.807) is 0 Å². The summed E-state index contributed by atoms with van der Waals surface area (Å²) in [7, 11) is 0. The molecule has 0 fully saturated rings. The molecule has 0 amide bonds. The third-order valence-corrected chi connectivity index (χ3v) is 1.67. The number of hydrogen-bond donors (Lipinski definition) is 0. The molecule has 8 heteroatoms. The molecule has 0 unspecified atom stereocenters. The second kappa shape index (κ2) is 3.60.